The highest BCUT2D eigenvalue weighted by Gasteiger charge is 2.53. The number of benzene rings is 1. The maximum absolute atomic E-state index is 13.5. The molecular weight excluding hydrogens is 454 g/mol. The molecule has 7 heteroatoms. The SMILES string of the molecule is COc1cc(OC)cc(-c2ccc(/C=C3\SC(S)N(C4C5CC6CC(C5)CC4C6)C3=O)o2)c1. The Morgan fingerprint density at radius 3 is 2.24 bits per heavy atom. The average molecular weight is 484 g/mol. The second-order valence-corrected chi connectivity index (χ2v) is 11.9. The molecule has 0 spiro atoms. The minimum absolute atomic E-state index is 0.110. The highest BCUT2D eigenvalue weighted by molar-refractivity contribution is 8.14. The first-order valence-electron chi connectivity index (χ1n) is 11.7. The third-order valence-electron chi connectivity index (χ3n) is 7.95. The summed E-state index contributed by atoms with van der Waals surface area (Å²) >= 11 is 6.38. The summed E-state index contributed by atoms with van der Waals surface area (Å²) in [4.78, 5) is 16.3. The van der Waals surface area contributed by atoms with Crippen LogP contribution in [0, 0.1) is 23.7 Å². The lowest BCUT2D eigenvalue weighted by Crippen LogP contribution is -2.57. The van der Waals surface area contributed by atoms with Gasteiger partial charge in [-0.2, -0.15) is 0 Å². The van der Waals surface area contributed by atoms with Crippen molar-refractivity contribution in [3.05, 3.63) is 41.0 Å². The second-order valence-electron chi connectivity index (χ2n) is 9.89. The van der Waals surface area contributed by atoms with Crippen LogP contribution in [0.4, 0.5) is 0 Å². The lowest BCUT2D eigenvalue weighted by molar-refractivity contribution is -0.136. The van der Waals surface area contributed by atoms with Gasteiger partial charge in [0, 0.05) is 23.7 Å². The topological polar surface area (TPSA) is 51.9 Å². The number of hydrogen-bond donors (Lipinski definition) is 1. The zero-order valence-electron chi connectivity index (χ0n) is 18.9. The van der Waals surface area contributed by atoms with Crippen molar-refractivity contribution < 1.29 is 18.7 Å². The number of thioether (sulfide) groups is 1. The van der Waals surface area contributed by atoms with Crippen LogP contribution in [0.5, 0.6) is 11.5 Å². The van der Waals surface area contributed by atoms with Gasteiger partial charge in [0.2, 0.25) is 0 Å². The molecule has 1 saturated heterocycles. The molecule has 0 radical (unpaired) electrons. The van der Waals surface area contributed by atoms with Crippen LogP contribution in [0.15, 0.2) is 39.7 Å². The Kier molecular flexibility index (Phi) is 5.45. The molecular formula is C26H29NO4S2. The van der Waals surface area contributed by atoms with Crippen LogP contribution in [0.25, 0.3) is 17.4 Å². The van der Waals surface area contributed by atoms with Crippen LogP contribution in [-0.2, 0) is 4.79 Å². The Balaban J connectivity index is 1.24. The van der Waals surface area contributed by atoms with E-state index in [1.807, 2.05) is 36.4 Å². The first-order chi connectivity index (χ1) is 16.0. The normalized spacial score (nSPS) is 33.8. The first-order valence-corrected chi connectivity index (χ1v) is 13.1. The molecule has 5 fully saturated rings. The molecule has 1 aromatic carbocycles. The maximum atomic E-state index is 13.5. The molecule has 5 aliphatic rings. The van der Waals surface area contributed by atoms with E-state index in [-0.39, 0.29) is 10.6 Å². The molecule has 1 aliphatic heterocycles. The summed E-state index contributed by atoms with van der Waals surface area (Å²) in [5, 5.41) is 0. The summed E-state index contributed by atoms with van der Waals surface area (Å²) in [7, 11) is 3.26. The molecule has 2 heterocycles. The third-order valence-corrected chi connectivity index (χ3v) is 9.50. The third kappa shape index (κ3) is 3.77. The van der Waals surface area contributed by atoms with Gasteiger partial charge in [0.05, 0.1) is 19.1 Å². The maximum Gasteiger partial charge on any atom is 0.262 e. The van der Waals surface area contributed by atoms with Crippen LogP contribution >= 0.6 is 24.4 Å². The molecule has 4 saturated carbocycles. The van der Waals surface area contributed by atoms with Crippen LogP contribution in [0.1, 0.15) is 37.9 Å². The summed E-state index contributed by atoms with van der Waals surface area (Å²) in [5.41, 5.74) is 0.864. The summed E-state index contributed by atoms with van der Waals surface area (Å²) in [6, 6.07) is 9.81. The molecule has 4 aliphatic carbocycles. The van der Waals surface area contributed by atoms with Gasteiger partial charge in [-0.3, -0.25) is 4.79 Å². The number of carbonyl (C=O) groups is 1. The van der Waals surface area contributed by atoms with Crippen molar-refractivity contribution in [2.24, 2.45) is 23.7 Å². The number of furan rings is 1. The van der Waals surface area contributed by atoms with Gasteiger partial charge in [-0.25, -0.2) is 0 Å². The Bertz CT molecular complexity index is 1060. The Labute approximate surface area is 204 Å². The highest BCUT2D eigenvalue weighted by atomic mass is 32.2. The van der Waals surface area contributed by atoms with E-state index in [0.717, 1.165) is 17.4 Å². The van der Waals surface area contributed by atoms with Crippen LogP contribution < -0.4 is 9.47 Å². The first kappa shape index (κ1) is 21.5. The van der Waals surface area contributed by atoms with Gasteiger partial charge >= 0.3 is 0 Å². The van der Waals surface area contributed by atoms with E-state index in [4.69, 9.17) is 26.5 Å². The zero-order valence-corrected chi connectivity index (χ0v) is 20.6. The van der Waals surface area contributed by atoms with Crippen molar-refractivity contribution in [2.75, 3.05) is 14.2 Å². The van der Waals surface area contributed by atoms with E-state index in [9.17, 15) is 4.79 Å². The molecule has 5 nitrogen and oxygen atoms in total. The summed E-state index contributed by atoms with van der Waals surface area (Å²) in [6.07, 6.45) is 8.44. The van der Waals surface area contributed by atoms with E-state index in [0.29, 0.717) is 45.8 Å². The fourth-order valence-corrected chi connectivity index (χ4v) is 8.41. The summed E-state index contributed by atoms with van der Waals surface area (Å²) in [6.45, 7) is 0. The molecule has 33 heavy (non-hydrogen) atoms. The van der Waals surface area contributed by atoms with E-state index in [2.05, 4.69) is 4.90 Å². The number of carbonyl (C=O) groups excluding carboxylic acids is 1. The van der Waals surface area contributed by atoms with E-state index >= 15 is 0 Å². The summed E-state index contributed by atoms with van der Waals surface area (Å²) < 4.78 is 16.7. The molecule has 174 valence electrons. The number of hydrogen-bond acceptors (Lipinski definition) is 6. The molecule has 4 bridgehead atoms. The smallest absolute Gasteiger partial charge is 0.262 e. The fourth-order valence-electron chi connectivity index (χ4n) is 6.84. The molecule has 1 unspecified atom stereocenters. The van der Waals surface area contributed by atoms with Crippen molar-refractivity contribution >= 4 is 36.4 Å². The number of thiol groups is 1. The fraction of sp³-hybridized carbons (Fsp3) is 0.500. The minimum Gasteiger partial charge on any atom is -0.497 e. The number of methoxy groups -OCH3 is 2. The number of ether oxygens (including phenoxy) is 2. The van der Waals surface area contributed by atoms with Gasteiger partial charge in [-0.15, -0.1) is 12.6 Å². The molecule has 1 amide bonds. The predicted molar refractivity (Wildman–Crippen MR) is 133 cm³/mol. The lowest BCUT2D eigenvalue weighted by atomic mass is 9.54. The van der Waals surface area contributed by atoms with Gasteiger partial charge < -0.3 is 18.8 Å². The van der Waals surface area contributed by atoms with Crippen molar-refractivity contribution in [2.45, 2.75) is 42.9 Å². The Morgan fingerprint density at radius 1 is 1.00 bits per heavy atom. The van der Waals surface area contributed by atoms with Gasteiger partial charge in [-0.05, 0) is 80.0 Å². The second kappa shape index (κ2) is 8.35. The van der Waals surface area contributed by atoms with E-state index in [1.165, 1.54) is 43.9 Å². The van der Waals surface area contributed by atoms with E-state index in [1.54, 1.807) is 14.2 Å². The van der Waals surface area contributed by atoms with Crippen molar-refractivity contribution in [1.82, 2.24) is 4.90 Å². The van der Waals surface area contributed by atoms with Crippen molar-refractivity contribution in [1.29, 1.82) is 0 Å². The van der Waals surface area contributed by atoms with Gasteiger partial charge in [-0.1, -0.05) is 11.8 Å². The molecule has 1 atom stereocenters. The van der Waals surface area contributed by atoms with Crippen LogP contribution in [0.3, 0.4) is 0 Å². The molecule has 1 aromatic heterocycles. The zero-order chi connectivity index (χ0) is 22.7. The number of nitrogens with zero attached hydrogens (tertiary/aromatic N) is 1. The Hall–Kier alpha value is -1.99. The number of rotatable bonds is 5. The quantitative estimate of drug-likeness (QED) is 0.423. The standard InChI is InChI=1S/C26H29NO4S2/c1-29-20-10-16(11-21(12-20)30-2)22-4-3-19(31-22)13-23-25(28)27(26(32)33-23)24-17-6-14-5-15(8-17)9-18(24)7-14/h3-4,10-15,17-18,24,26,32H,5-9H2,1-2H3/b23-13-. The predicted octanol–water partition coefficient (Wildman–Crippen LogP) is 5.92. The van der Waals surface area contributed by atoms with Gasteiger partial charge in [0.25, 0.3) is 5.91 Å². The monoisotopic (exact) mass is 483 g/mol. The largest absolute Gasteiger partial charge is 0.497 e. The molecule has 0 N–H and O–H groups in total. The van der Waals surface area contributed by atoms with Crippen LogP contribution in [0.2, 0.25) is 0 Å². The summed E-state index contributed by atoms with van der Waals surface area (Å²) in [5.74, 6) is 5.95. The van der Waals surface area contributed by atoms with Crippen molar-refractivity contribution in [3.63, 3.8) is 0 Å². The Morgan fingerprint density at radius 2 is 1.64 bits per heavy atom. The van der Waals surface area contributed by atoms with Gasteiger partial charge in [0.1, 0.15) is 27.7 Å². The van der Waals surface area contributed by atoms with Gasteiger partial charge in [0.15, 0.2) is 0 Å². The van der Waals surface area contributed by atoms with Crippen LogP contribution in [-0.4, -0.2) is 35.8 Å². The average Bonchev–Trinajstić information content (AvgIpc) is 3.38. The van der Waals surface area contributed by atoms with E-state index < -0.39 is 0 Å². The minimum atomic E-state index is -0.122. The van der Waals surface area contributed by atoms with Crippen molar-refractivity contribution in [3.8, 4) is 22.8 Å². The lowest BCUT2D eigenvalue weighted by Gasteiger charge is -2.56. The highest BCUT2D eigenvalue weighted by Crippen LogP contribution is 2.57. The number of amides is 1. The molecule has 7 rings (SSSR count). The molecule has 2 aromatic rings.